The first kappa shape index (κ1) is 13.6. The van der Waals surface area contributed by atoms with Crippen molar-refractivity contribution in [2.75, 3.05) is 4.72 Å². The van der Waals surface area contributed by atoms with Crippen molar-refractivity contribution >= 4 is 15.7 Å². The van der Waals surface area contributed by atoms with Gasteiger partial charge >= 0.3 is 0 Å². The SMILES string of the molecule is Cc1cc(F)ccc1NS(=O)(=O)c1ccc(CN)o1. The lowest BCUT2D eigenvalue weighted by Gasteiger charge is -2.08. The van der Waals surface area contributed by atoms with Crippen LogP contribution in [0.4, 0.5) is 10.1 Å². The highest BCUT2D eigenvalue weighted by Crippen LogP contribution is 2.21. The number of benzene rings is 1. The van der Waals surface area contributed by atoms with Gasteiger partial charge in [-0.05, 0) is 42.8 Å². The number of furan rings is 1. The van der Waals surface area contributed by atoms with Crippen molar-refractivity contribution in [1.82, 2.24) is 0 Å². The van der Waals surface area contributed by atoms with E-state index in [1.807, 2.05) is 0 Å². The third-order valence-electron chi connectivity index (χ3n) is 2.54. The summed E-state index contributed by atoms with van der Waals surface area (Å²) in [5.41, 5.74) is 6.13. The highest BCUT2D eigenvalue weighted by atomic mass is 32.2. The summed E-state index contributed by atoms with van der Waals surface area (Å²) in [7, 11) is -3.83. The van der Waals surface area contributed by atoms with E-state index in [4.69, 9.17) is 10.2 Å². The minimum atomic E-state index is -3.83. The molecule has 1 aromatic carbocycles. The van der Waals surface area contributed by atoms with Gasteiger partial charge in [0.25, 0.3) is 10.0 Å². The molecule has 0 radical (unpaired) electrons. The smallest absolute Gasteiger partial charge is 0.295 e. The molecule has 0 atom stereocenters. The first-order chi connectivity index (χ1) is 8.92. The lowest BCUT2D eigenvalue weighted by atomic mass is 10.2. The van der Waals surface area contributed by atoms with Crippen LogP contribution in [0.2, 0.25) is 0 Å². The van der Waals surface area contributed by atoms with E-state index in [0.717, 1.165) is 0 Å². The average Bonchev–Trinajstić information content (AvgIpc) is 2.82. The molecule has 1 aromatic heterocycles. The lowest BCUT2D eigenvalue weighted by molar-refractivity contribution is 0.417. The van der Waals surface area contributed by atoms with E-state index >= 15 is 0 Å². The van der Waals surface area contributed by atoms with Crippen LogP contribution >= 0.6 is 0 Å². The molecule has 2 rings (SSSR count). The monoisotopic (exact) mass is 284 g/mol. The number of aryl methyl sites for hydroxylation is 1. The third kappa shape index (κ3) is 2.94. The molecule has 0 fully saturated rings. The summed E-state index contributed by atoms with van der Waals surface area (Å²) in [4.78, 5) is 0. The maximum Gasteiger partial charge on any atom is 0.295 e. The molecule has 3 N–H and O–H groups in total. The minimum absolute atomic E-state index is 0.116. The Balaban J connectivity index is 2.30. The molecule has 0 spiro atoms. The summed E-state index contributed by atoms with van der Waals surface area (Å²) in [6.45, 7) is 1.72. The van der Waals surface area contributed by atoms with E-state index < -0.39 is 15.8 Å². The molecule has 0 aliphatic carbocycles. The molecule has 2 aromatic rings. The Morgan fingerprint density at radius 2 is 2.05 bits per heavy atom. The number of rotatable bonds is 4. The molecule has 0 amide bonds. The first-order valence-corrected chi connectivity index (χ1v) is 6.98. The molecule has 0 saturated heterocycles. The van der Waals surface area contributed by atoms with Gasteiger partial charge in [0.2, 0.25) is 5.09 Å². The highest BCUT2D eigenvalue weighted by Gasteiger charge is 2.19. The van der Waals surface area contributed by atoms with Crippen LogP contribution in [0.25, 0.3) is 0 Å². The largest absolute Gasteiger partial charge is 0.446 e. The zero-order valence-electron chi connectivity index (χ0n) is 10.2. The van der Waals surface area contributed by atoms with Gasteiger partial charge in [0, 0.05) is 0 Å². The summed E-state index contributed by atoms with van der Waals surface area (Å²) in [5, 5.41) is -0.225. The Bertz CT molecular complexity index is 695. The molecular formula is C12H13FN2O3S. The van der Waals surface area contributed by atoms with Gasteiger partial charge in [-0.15, -0.1) is 0 Å². The van der Waals surface area contributed by atoms with Gasteiger partial charge in [0.05, 0.1) is 12.2 Å². The Hall–Kier alpha value is -1.86. The molecule has 5 nitrogen and oxygen atoms in total. The number of nitrogens with two attached hydrogens (primary N) is 1. The molecule has 102 valence electrons. The van der Waals surface area contributed by atoms with Crippen molar-refractivity contribution in [1.29, 1.82) is 0 Å². The summed E-state index contributed by atoms with van der Waals surface area (Å²) in [6.07, 6.45) is 0. The molecule has 1 heterocycles. The minimum Gasteiger partial charge on any atom is -0.446 e. The maximum absolute atomic E-state index is 12.9. The van der Waals surface area contributed by atoms with Crippen LogP contribution in [0.3, 0.4) is 0 Å². The lowest BCUT2D eigenvalue weighted by Crippen LogP contribution is -2.13. The Kier molecular flexibility index (Phi) is 3.59. The fourth-order valence-electron chi connectivity index (χ4n) is 1.55. The molecule has 0 unspecified atom stereocenters. The van der Waals surface area contributed by atoms with Crippen LogP contribution in [0.1, 0.15) is 11.3 Å². The number of halogens is 1. The van der Waals surface area contributed by atoms with Gasteiger partial charge in [-0.3, -0.25) is 4.72 Å². The number of anilines is 1. The zero-order chi connectivity index (χ0) is 14.0. The van der Waals surface area contributed by atoms with Crippen molar-refractivity contribution in [3.05, 3.63) is 47.5 Å². The predicted octanol–water partition coefficient (Wildman–Crippen LogP) is 1.99. The highest BCUT2D eigenvalue weighted by molar-refractivity contribution is 7.92. The van der Waals surface area contributed by atoms with Gasteiger partial charge in [0.15, 0.2) is 0 Å². The van der Waals surface area contributed by atoms with E-state index in [9.17, 15) is 12.8 Å². The predicted molar refractivity (Wildman–Crippen MR) is 68.5 cm³/mol. The van der Waals surface area contributed by atoms with Crippen LogP contribution in [0.15, 0.2) is 39.8 Å². The fourth-order valence-corrected chi connectivity index (χ4v) is 2.63. The Labute approximate surface area is 110 Å². The fraction of sp³-hybridized carbons (Fsp3) is 0.167. The van der Waals surface area contributed by atoms with Gasteiger partial charge in [-0.25, -0.2) is 4.39 Å². The number of hydrogen-bond donors (Lipinski definition) is 2. The van der Waals surface area contributed by atoms with Crippen LogP contribution < -0.4 is 10.5 Å². The van der Waals surface area contributed by atoms with E-state index in [2.05, 4.69) is 4.72 Å². The second kappa shape index (κ2) is 5.02. The molecular weight excluding hydrogens is 271 g/mol. The second-order valence-electron chi connectivity index (χ2n) is 3.99. The van der Waals surface area contributed by atoms with Crippen molar-refractivity contribution in [2.24, 2.45) is 5.73 Å². The number of hydrogen-bond acceptors (Lipinski definition) is 4. The van der Waals surface area contributed by atoms with E-state index in [-0.39, 0.29) is 11.6 Å². The van der Waals surface area contributed by atoms with E-state index in [0.29, 0.717) is 17.0 Å². The zero-order valence-corrected chi connectivity index (χ0v) is 11.0. The standard InChI is InChI=1S/C12H13FN2O3S/c1-8-6-9(13)2-4-11(8)15-19(16,17)12-5-3-10(7-14)18-12/h2-6,15H,7,14H2,1H3. The summed E-state index contributed by atoms with van der Waals surface area (Å²) < 4.78 is 44.4. The van der Waals surface area contributed by atoms with Gasteiger partial charge in [-0.1, -0.05) is 0 Å². The molecule has 0 aliphatic rings. The van der Waals surface area contributed by atoms with Gasteiger partial charge in [0.1, 0.15) is 11.6 Å². The normalized spacial score (nSPS) is 11.5. The number of sulfonamides is 1. The second-order valence-corrected chi connectivity index (χ2v) is 5.60. The van der Waals surface area contributed by atoms with Crippen molar-refractivity contribution in [3.63, 3.8) is 0 Å². The summed E-state index contributed by atoms with van der Waals surface area (Å²) in [5.74, 6) is -0.0555. The molecule has 0 saturated carbocycles. The van der Waals surface area contributed by atoms with Gasteiger partial charge in [-0.2, -0.15) is 8.42 Å². The van der Waals surface area contributed by atoms with Gasteiger partial charge < -0.3 is 10.2 Å². The molecule has 19 heavy (non-hydrogen) atoms. The summed E-state index contributed by atoms with van der Waals surface area (Å²) in [6, 6.07) is 6.59. The van der Waals surface area contributed by atoms with Crippen molar-refractivity contribution in [3.8, 4) is 0 Å². The Morgan fingerprint density at radius 1 is 1.32 bits per heavy atom. The first-order valence-electron chi connectivity index (χ1n) is 5.50. The van der Waals surface area contributed by atoms with Crippen molar-refractivity contribution < 1.29 is 17.2 Å². The number of nitrogens with one attached hydrogen (secondary N) is 1. The van der Waals surface area contributed by atoms with Crippen molar-refractivity contribution in [2.45, 2.75) is 18.6 Å². The molecule has 7 heteroatoms. The molecule has 0 aliphatic heterocycles. The van der Waals surface area contributed by atoms with Crippen LogP contribution in [-0.4, -0.2) is 8.42 Å². The van der Waals surface area contributed by atoms with E-state index in [1.165, 1.54) is 30.3 Å². The van der Waals surface area contributed by atoms with Crippen LogP contribution in [0.5, 0.6) is 0 Å². The average molecular weight is 284 g/mol. The Morgan fingerprint density at radius 3 is 2.63 bits per heavy atom. The van der Waals surface area contributed by atoms with Crippen LogP contribution in [0, 0.1) is 12.7 Å². The quantitative estimate of drug-likeness (QED) is 0.899. The third-order valence-corrected chi connectivity index (χ3v) is 3.77. The maximum atomic E-state index is 12.9. The summed E-state index contributed by atoms with van der Waals surface area (Å²) >= 11 is 0. The topological polar surface area (TPSA) is 85.3 Å². The molecule has 0 bridgehead atoms. The van der Waals surface area contributed by atoms with Crippen LogP contribution in [-0.2, 0) is 16.6 Å². The van der Waals surface area contributed by atoms with E-state index in [1.54, 1.807) is 6.92 Å².